The van der Waals surface area contributed by atoms with Crippen molar-refractivity contribution in [2.75, 3.05) is 43.5 Å². The van der Waals surface area contributed by atoms with Gasteiger partial charge in [-0.2, -0.15) is 4.31 Å². The van der Waals surface area contributed by atoms with Crippen molar-refractivity contribution in [1.29, 1.82) is 0 Å². The molecule has 0 aromatic heterocycles. The molecule has 7 nitrogen and oxygen atoms in total. The van der Waals surface area contributed by atoms with Gasteiger partial charge in [0, 0.05) is 43.5 Å². The van der Waals surface area contributed by atoms with Gasteiger partial charge in [-0.15, -0.1) is 0 Å². The van der Waals surface area contributed by atoms with Crippen LogP contribution in [0, 0.1) is 0 Å². The second-order valence-corrected chi connectivity index (χ2v) is 10.3. The lowest BCUT2D eigenvalue weighted by atomic mass is 10.1. The first-order valence-corrected chi connectivity index (χ1v) is 12.8. The minimum absolute atomic E-state index is 0.236. The van der Waals surface area contributed by atoms with Gasteiger partial charge < -0.3 is 15.0 Å². The van der Waals surface area contributed by atoms with Crippen molar-refractivity contribution >= 4 is 27.3 Å². The number of nitrogens with one attached hydrogen (secondary N) is 1. The van der Waals surface area contributed by atoms with E-state index in [-0.39, 0.29) is 10.8 Å². The van der Waals surface area contributed by atoms with E-state index in [0.717, 1.165) is 51.6 Å². The molecule has 2 heterocycles. The molecule has 1 amide bonds. The normalized spacial score (nSPS) is 17.7. The molecule has 0 atom stereocenters. The lowest BCUT2D eigenvalue weighted by Gasteiger charge is -2.33. The quantitative estimate of drug-likeness (QED) is 0.706. The number of piperidine rings is 2. The van der Waals surface area contributed by atoms with Crippen LogP contribution in [-0.2, 0) is 10.0 Å². The number of amides is 1. The average molecular weight is 458 g/mol. The molecule has 4 rings (SSSR count). The maximum Gasteiger partial charge on any atom is 0.255 e. The molecule has 0 saturated carbocycles. The maximum absolute atomic E-state index is 13.6. The number of hydrogen-bond acceptors (Lipinski definition) is 5. The van der Waals surface area contributed by atoms with Gasteiger partial charge in [-0.3, -0.25) is 4.79 Å². The maximum atomic E-state index is 13.6. The molecule has 0 bridgehead atoms. The van der Waals surface area contributed by atoms with Gasteiger partial charge in [0.15, 0.2) is 0 Å². The van der Waals surface area contributed by atoms with E-state index >= 15 is 0 Å². The van der Waals surface area contributed by atoms with Gasteiger partial charge in [0.05, 0.1) is 12.8 Å². The topological polar surface area (TPSA) is 79.0 Å². The highest BCUT2D eigenvalue weighted by Gasteiger charge is 2.31. The van der Waals surface area contributed by atoms with Gasteiger partial charge in [-0.05, 0) is 62.4 Å². The Morgan fingerprint density at radius 1 is 0.906 bits per heavy atom. The summed E-state index contributed by atoms with van der Waals surface area (Å²) in [5.74, 6) is 0.287. The van der Waals surface area contributed by atoms with E-state index in [0.29, 0.717) is 35.8 Å². The number of methoxy groups -OCH3 is 1. The van der Waals surface area contributed by atoms with Crippen LogP contribution < -0.4 is 15.0 Å². The summed E-state index contributed by atoms with van der Waals surface area (Å²) in [6.45, 7) is 2.72. The van der Waals surface area contributed by atoms with Gasteiger partial charge >= 0.3 is 0 Å². The number of carbonyl (C=O) groups is 1. The van der Waals surface area contributed by atoms with Crippen molar-refractivity contribution in [3.05, 3.63) is 48.0 Å². The van der Waals surface area contributed by atoms with Crippen LogP contribution >= 0.6 is 0 Å². The Labute approximate surface area is 190 Å². The standard InChI is InChI=1S/C24H31N3O4S/c1-31-21-10-8-9-20(18-21)25-24(28)19-11-12-22(26-13-4-2-5-14-26)23(17-19)32(29,30)27-15-6-3-7-16-27/h8-12,17-18H,2-7,13-16H2,1H3,(H,25,28). The highest BCUT2D eigenvalue weighted by molar-refractivity contribution is 7.89. The summed E-state index contributed by atoms with van der Waals surface area (Å²) >= 11 is 0. The van der Waals surface area contributed by atoms with Gasteiger partial charge in [0.25, 0.3) is 5.91 Å². The van der Waals surface area contributed by atoms with E-state index in [1.54, 1.807) is 53.9 Å². The Balaban J connectivity index is 1.68. The van der Waals surface area contributed by atoms with Crippen molar-refractivity contribution in [3.8, 4) is 5.75 Å². The number of sulfonamides is 1. The number of anilines is 2. The molecule has 2 aromatic carbocycles. The van der Waals surface area contributed by atoms with Crippen molar-refractivity contribution in [2.45, 2.75) is 43.4 Å². The van der Waals surface area contributed by atoms with Crippen molar-refractivity contribution < 1.29 is 17.9 Å². The Kier molecular flexibility index (Phi) is 7.01. The Morgan fingerprint density at radius 2 is 1.59 bits per heavy atom. The van der Waals surface area contributed by atoms with Crippen LogP contribution in [0.4, 0.5) is 11.4 Å². The summed E-state index contributed by atoms with van der Waals surface area (Å²) in [6.07, 6.45) is 6.03. The highest BCUT2D eigenvalue weighted by atomic mass is 32.2. The third kappa shape index (κ3) is 4.91. The lowest BCUT2D eigenvalue weighted by Crippen LogP contribution is -2.37. The molecule has 32 heavy (non-hydrogen) atoms. The Bertz CT molecular complexity index is 1060. The lowest BCUT2D eigenvalue weighted by molar-refractivity contribution is 0.102. The van der Waals surface area contributed by atoms with Crippen LogP contribution in [0.3, 0.4) is 0 Å². The van der Waals surface area contributed by atoms with Crippen LogP contribution in [0.5, 0.6) is 5.75 Å². The van der Waals surface area contributed by atoms with E-state index in [2.05, 4.69) is 10.2 Å². The number of carbonyl (C=O) groups excluding carboxylic acids is 1. The van der Waals surface area contributed by atoms with Gasteiger partial charge in [0.2, 0.25) is 10.0 Å². The highest BCUT2D eigenvalue weighted by Crippen LogP contribution is 2.32. The number of hydrogen-bond donors (Lipinski definition) is 1. The summed E-state index contributed by atoms with van der Waals surface area (Å²) in [7, 11) is -2.12. The van der Waals surface area contributed by atoms with Crippen molar-refractivity contribution in [3.63, 3.8) is 0 Å². The molecule has 0 radical (unpaired) electrons. The van der Waals surface area contributed by atoms with E-state index in [1.807, 2.05) is 0 Å². The minimum Gasteiger partial charge on any atom is -0.497 e. The van der Waals surface area contributed by atoms with Gasteiger partial charge in [-0.1, -0.05) is 12.5 Å². The average Bonchev–Trinajstić information content (AvgIpc) is 2.85. The van der Waals surface area contributed by atoms with Crippen molar-refractivity contribution in [2.24, 2.45) is 0 Å². The number of benzene rings is 2. The van der Waals surface area contributed by atoms with Crippen LogP contribution in [0.1, 0.15) is 48.9 Å². The van der Waals surface area contributed by atoms with E-state index in [4.69, 9.17) is 4.74 Å². The molecular formula is C24H31N3O4S. The predicted octanol–water partition coefficient (Wildman–Crippen LogP) is 4.11. The third-order valence-corrected chi connectivity index (χ3v) is 8.11. The second-order valence-electron chi connectivity index (χ2n) is 8.38. The first-order chi connectivity index (χ1) is 15.5. The molecule has 0 aliphatic carbocycles. The van der Waals surface area contributed by atoms with E-state index in [9.17, 15) is 13.2 Å². The summed E-state index contributed by atoms with van der Waals surface area (Å²) in [5.41, 5.74) is 1.62. The molecule has 0 unspecified atom stereocenters. The molecule has 172 valence electrons. The molecule has 2 aliphatic heterocycles. The predicted molar refractivity (Wildman–Crippen MR) is 126 cm³/mol. The third-order valence-electron chi connectivity index (χ3n) is 6.18. The van der Waals surface area contributed by atoms with Crippen LogP contribution in [-0.4, -0.2) is 51.9 Å². The zero-order valence-electron chi connectivity index (χ0n) is 18.5. The largest absolute Gasteiger partial charge is 0.497 e. The smallest absolute Gasteiger partial charge is 0.255 e. The fourth-order valence-electron chi connectivity index (χ4n) is 4.41. The fourth-order valence-corrected chi connectivity index (χ4v) is 6.16. The monoisotopic (exact) mass is 457 g/mol. The van der Waals surface area contributed by atoms with Crippen LogP contribution in [0.25, 0.3) is 0 Å². The zero-order chi connectivity index (χ0) is 22.6. The van der Waals surface area contributed by atoms with Gasteiger partial charge in [-0.25, -0.2) is 8.42 Å². The molecule has 2 aromatic rings. The molecular weight excluding hydrogens is 426 g/mol. The SMILES string of the molecule is COc1cccc(NC(=O)c2ccc(N3CCCCC3)c(S(=O)(=O)N3CCCCC3)c2)c1. The molecule has 0 spiro atoms. The van der Waals surface area contributed by atoms with Crippen LogP contribution in [0.15, 0.2) is 47.4 Å². The fraction of sp³-hybridized carbons (Fsp3) is 0.458. The second kappa shape index (κ2) is 9.92. The van der Waals surface area contributed by atoms with Crippen LogP contribution in [0.2, 0.25) is 0 Å². The Hall–Kier alpha value is -2.58. The number of ether oxygens (including phenoxy) is 1. The minimum atomic E-state index is -3.69. The summed E-state index contributed by atoms with van der Waals surface area (Å²) < 4.78 is 34.0. The van der Waals surface area contributed by atoms with E-state index < -0.39 is 10.0 Å². The molecule has 2 saturated heterocycles. The summed E-state index contributed by atoms with van der Waals surface area (Å²) in [4.78, 5) is 15.4. The molecule has 2 aliphatic rings. The van der Waals surface area contributed by atoms with E-state index in [1.165, 1.54) is 0 Å². The first-order valence-electron chi connectivity index (χ1n) is 11.3. The number of nitrogens with zero attached hydrogens (tertiary/aromatic N) is 2. The first kappa shape index (κ1) is 22.6. The van der Waals surface area contributed by atoms with Crippen molar-refractivity contribution in [1.82, 2.24) is 4.31 Å². The zero-order valence-corrected chi connectivity index (χ0v) is 19.4. The summed E-state index contributed by atoms with van der Waals surface area (Å²) in [5, 5.41) is 2.85. The molecule has 2 fully saturated rings. The molecule has 1 N–H and O–H groups in total. The number of rotatable bonds is 6. The molecule has 8 heteroatoms. The van der Waals surface area contributed by atoms with Gasteiger partial charge in [0.1, 0.15) is 10.6 Å². The summed E-state index contributed by atoms with van der Waals surface area (Å²) in [6, 6.07) is 12.1. The Morgan fingerprint density at radius 3 is 2.28 bits per heavy atom.